The number of hydrogen-bond donors (Lipinski definition) is 3. The van der Waals surface area contributed by atoms with Gasteiger partial charge >= 0.3 is 5.69 Å². The van der Waals surface area contributed by atoms with Gasteiger partial charge in [0.1, 0.15) is 11.3 Å². The Bertz CT molecular complexity index is 608. The summed E-state index contributed by atoms with van der Waals surface area (Å²) in [5.74, 6) is 0.669. The molecule has 2 heterocycles. The normalized spacial score (nSPS) is 17.3. The van der Waals surface area contributed by atoms with Gasteiger partial charge in [0.2, 0.25) is 0 Å². The standard InChI is InChI=1S/C13H17N3O2/c17-11-3-1-2-10-12(11)16(13(18)15-10)8-9-4-6-14-7-5-9/h1-3,9,14,17H,4-8H2,(H,15,18). The van der Waals surface area contributed by atoms with E-state index in [0.717, 1.165) is 25.9 Å². The number of hydrogen-bond acceptors (Lipinski definition) is 3. The maximum atomic E-state index is 11.9. The van der Waals surface area contributed by atoms with Crippen molar-refractivity contribution in [3.63, 3.8) is 0 Å². The number of phenolic OH excluding ortho intramolecular Hbond substituents is 1. The van der Waals surface area contributed by atoms with Gasteiger partial charge in [-0.1, -0.05) is 6.07 Å². The van der Waals surface area contributed by atoms with E-state index in [0.29, 0.717) is 23.5 Å². The molecule has 5 nitrogen and oxygen atoms in total. The molecular formula is C13H17N3O2. The summed E-state index contributed by atoms with van der Waals surface area (Å²) >= 11 is 0. The van der Waals surface area contributed by atoms with Gasteiger partial charge in [-0.3, -0.25) is 4.57 Å². The molecule has 1 aliphatic heterocycles. The molecule has 96 valence electrons. The Morgan fingerprint density at radius 2 is 2.11 bits per heavy atom. The van der Waals surface area contributed by atoms with Gasteiger partial charge in [-0.15, -0.1) is 0 Å². The lowest BCUT2D eigenvalue weighted by Gasteiger charge is -2.22. The highest BCUT2D eigenvalue weighted by Crippen LogP contribution is 2.23. The number of aromatic nitrogens is 2. The zero-order valence-electron chi connectivity index (χ0n) is 10.1. The number of nitrogens with one attached hydrogen (secondary N) is 2. The van der Waals surface area contributed by atoms with Gasteiger partial charge in [-0.25, -0.2) is 4.79 Å². The van der Waals surface area contributed by atoms with Crippen LogP contribution in [0.2, 0.25) is 0 Å². The van der Waals surface area contributed by atoms with Crippen molar-refractivity contribution in [2.45, 2.75) is 19.4 Å². The second-order valence-electron chi connectivity index (χ2n) is 4.91. The second kappa shape index (κ2) is 4.49. The number of phenols is 1. The van der Waals surface area contributed by atoms with Crippen LogP contribution in [0.3, 0.4) is 0 Å². The first-order valence-corrected chi connectivity index (χ1v) is 6.37. The van der Waals surface area contributed by atoms with Crippen molar-refractivity contribution >= 4 is 11.0 Å². The van der Waals surface area contributed by atoms with Gasteiger partial charge in [0, 0.05) is 6.54 Å². The minimum absolute atomic E-state index is 0.134. The van der Waals surface area contributed by atoms with Crippen LogP contribution in [0.25, 0.3) is 11.0 Å². The molecule has 0 saturated carbocycles. The summed E-state index contributed by atoms with van der Waals surface area (Å²) in [6.07, 6.45) is 2.15. The molecule has 1 saturated heterocycles. The molecule has 1 fully saturated rings. The topological polar surface area (TPSA) is 70.0 Å². The number of H-pyrrole nitrogens is 1. The summed E-state index contributed by atoms with van der Waals surface area (Å²) < 4.78 is 1.67. The van der Waals surface area contributed by atoms with E-state index in [9.17, 15) is 9.90 Å². The summed E-state index contributed by atoms with van der Waals surface area (Å²) in [5, 5.41) is 13.2. The number of aromatic amines is 1. The largest absolute Gasteiger partial charge is 0.506 e. The number of fused-ring (bicyclic) bond motifs is 1. The van der Waals surface area contributed by atoms with Crippen LogP contribution >= 0.6 is 0 Å². The van der Waals surface area contributed by atoms with Crippen LogP contribution in [0.4, 0.5) is 0 Å². The summed E-state index contributed by atoms with van der Waals surface area (Å²) in [5.41, 5.74) is 1.19. The van der Waals surface area contributed by atoms with Crippen molar-refractivity contribution < 1.29 is 5.11 Å². The molecule has 18 heavy (non-hydrogen) atoms. The molecule has 1 aliphatic rings. The zero-order chi connectivity index (χ0) is 12.5. The van der Waals surface area contributed by atoms with E-state index in [2.05, 4.69) is 10.3 Å². The molecule has 3 rings (SSSR count). The van der Waals surface area contributed by atoms with Gasteiger partial charge in [-0.2, -0.15) is 0 Å². The monoisotopic (exact) mass is 247 g/mol. The Hall–Kier alpha value is -1.75. The minimum atomic E-state index is -0.134. The lowest BCUT2D eigenvalue weighted by molar-refractivity contribution is 0.332. The number of benzene rings is 1. The molecule has 0 aliphatic carbocycles. The molecule has 0 unspecified atom stereocenters. The first-order valence-electron chi connectivity index (χ1n) is 6.37. The maximum absolute atomic E-state index is 11.9. The number of imidazole rings is 1. The predicted octanol–water partition coefficient (Wildman–Crippen LogP) is 1.03. The van der Waals surface area contributed by atoms with Crippen LogP contribution in [0.1, 0.15) is 12.8 Å². The van der Waals surface area contributed by atoms with E-state index in [1.165, 1.54) is 0 Å². The highest BCUT2D eigenvalue weighted by atomic mass is 16.3. The molecule has 0 spiro atoms. The van der Waals surface area contributed by atoms with Crippen LogP contribution in [0.15, 0.2) is 23.0 Å². The lowest BCUT2D eigenvalue weighted by Crippen LogP contribution is -2.31. The number of aromatic hydroxyl groups is 1. The third-order valence-corrected chi connectivity index (χ3v) is 3.67. The van der Waals surface area contributed by atoms with Crippen molar-refractivity contribution in [1.82, 2.24) is 14.9 Å². The van der Waals surface area contributed by atoms with Gasteiger partial charge in [0.15, 0.2) is 0 Å². The molecule has 0 bridgehead atoms. The Kier molecular flexibility index (Phi) is 2.83. The van der Waals surface area contributed by atoms with Crippen molar-refractivity contribution in [1.29, 1.82) is 0 Å². The summed E-state index contributed by atoms with van der Waals surface area (Å²) in [7, 11) is 0. The molecular weight excluding hydrogens is 230 g/mol. The smallest absolute Gasteiger partial charge is 0.326 e. The molecule has 3 N–H and O–H groups in total. The van der Waals surface area contributed by atoms with E-state index < -0.39 is 0 Å². The molecule has 1 aromatic heterocycles. The van der Waals surface area contributed by atoms with Crippen LogP contribution in [-0.4, -0.2) is 27.7 Å². The Morgan fingerprint density at radius 1 is 1.33 bits per heavy atom. The lowest BCUT2D eigenvalue weighted by atomic mass is 9.98. The minimum Gasteiger partial charge on any atom is -0.506 e. The SMILES string of the molecule is O=c1[nH]c2cccc(O)c2n1CC1CCNCC1. The third-order valence-electron chi connectivity index (χ3n) is 3.67. The fraction of sp³-hybridized carbons (Fsp3) is 0.462. The number of nitrogens with zero attached hydrogens (tertiary/aromatic N) is 1. The molecule has 1 aromatic carbocycles. The maximum Gasteiger partial charge on any atom is 0.326 e. The molecule has 5 heteroatoms. The Balaban J connectivity index is 2.00. The van der Waals surface area contributed by atoms with Crippen molar-refractivity contribution in [3.05, 3.63) is 28.7 Å². The van der Waals surface area contributed by atoms with Gasteiger partial charge in [0.05, 0.1) is 5.52 Å². The van der Waals surface area contributed by atoms with Crippen LogP contribution in [0.5, 0.6) is 5.75 Å². The van der Waals surface area contributed by atoms with E-state index in [-0.39, 0.29) is 11.4 Å². The predicted molar refractivity (Wildman–Crippen MR) is 69.8 cm³/mol. The third kappa shape index (κ3) is 1.90. The molecule has 2 aromatic rings. The van der Waals surface area contributed by atoms with Gasteiger partial charge < -0.3 is 15.4 Å². The molecule has 0 radical (unpaired) electrons. The second-order valence-corrected chi connectivity index (χ2v) is 4.91. The first kappa shape index (κ1) is 11.3. The fourth-order valence-electron chi connectivity index (χ4n) is 2.70. The quantitative estimate of drug-likeness (QED) is 0.742. The summed E-state index contributed by atoms with van der Waals surface area (Å²) in [6, 6.07) is 5.17. The van der Waals surface area contributed by atoms with Crippen molar-refractivity contribution in [2.24, 2.45) is 5.92 Å². The van der Waals surface area contributed by atoms with Crippen LogP contribution in [0, 0.1) is 5.92 Å². The van der Waals surface area contributed by atoms with Crippen molar-refractivity contribution in [3.8, 4) is 5.75 Å². The van der Waals surface area contributed by atoms with E-state index in [1.807, 2.05) is 6.07 Å². The average Bonchev–Trinajstić information content (AvgIpc) is 2.69. The van der Waals surface area contributed by atoms with E-state index >= 15 is 0 Å². The zero-order valence-corrected chi connectivity index (χ0v) is 10.1. The average molecular weight is 247 g/mol. The Labute approximate surface area is 104 Å². The summed E-state index contributed by atoms with van der Waals surface area (Å²) in [4.78, 5) is 14.7. The molecule has 0 atom stereocenters. The van der Waals surface area contributed by atoms with Crippen LogP contribution < -0.4 is 11.0 Å². The number of rotatable bonds is 2. The molecule has 0 amide bonds. The number of para-hydroxylation sites is 1. The first-order chi connectivity index (χ1) is 8.75. The van der Waals surface area contributed by atoms with Crippen LogP contribution in [-0.2, 0) is 6.54 Å². The van der Waals surface area contributed by atoms with Gasteiger partial charge in [-0.05, 0) is 44.0 Å². The van der Waals surface area contributed by atoms with Gasteiger partial charge in [0.25, 0.3) is 0 Å². The van der Waals surface area contributed by atoms with E-state index in [1.54, 1.807) is 16.7 Å². The highest BCUT2D eigenvalue weighted by molar-refractivity contribution is 5.81. The summed E-state index contributed by atoms with van der Waals surface area (Å²) in [6.45, 7) is 2.69. The van der Waals surface area contributed by atoms with Crippen molar-refractivity contribution in [2.75, 3.05) is 13.1 Å². The Morgan fingerprint density at radius 3 is 2.89 bits per heavy atom. The fourth-order valence-corrected chi connectivity index (χ4v) is 2.70. The van der Waals surface area contributed by atoms with E-state index in [4.69, 9.17) is 0 Å². The highest BCUT2D eigenvalue weighted by Gasteiger charge is 2.17. The number of piperidine rings is 1.